The molecule has 0 radical (unpaired) electrons. The van der Waals surface area contributed by atoms with Gasteiger partial charge in [0, 0.05) is 35.6 Å². The van der Waals surface area contributed by atoms with Crippen LogP contribution in [0.2, 0.25) is 0 Å². The molecule has 0 aliphatic rings. The number of aromatic amines is 4. The first-order chi connectivity index (χ1) is 17.6. The molecule has 6 heterocycles. The van der Waals surface area contributed by atoms with Crippen LogP contribution < -0.4 is 20.6 Å². The van der Waals surface area contributed by atoms with E-state index in [-0.39, 0.29) is 11.1 Å². The van der Waals surface area contributed by atoms with Gasteiger partial charge in [0.1, 0.15) is 34.3 Å². The van der Waals surface area contributed by atoms with Gasteiger partial charge in [0.05, 0.1) is 50.0 Å². The van der Waals surface area contributed by atoms with Gasteiger partial charge in [-0.05, 0) is 12.1 Å². The Morgan fingerprint density at radius 1 is 0.611 bits per heavy atom. The van der Waals surface area contributed by atoms with E-state index in [1.807, 2.05) is 24.5 Å². The zero-order valence-electron chi connectivity index (χ0n) is 19.2. The van der Waals surface area contributed by atoms with Crippen LogP contribution in [0.1, 0.15) is 0 Å². The number of H-pyrrole nitrogens is 4. The lowest BCUT2D eigenvalue weighted by Crippen LogP contribution is -2.05. The molecule has 0 spiro atoms. The highest BCUT2D eigenvalue weighted by atomic mass is 16.5. The average Bonchev–Trinajstić information content (AvgIpc) is 3.60. The normalized spacial score (nSPS) is 10.7. The largest absolute Gasteiger partial charge is 0.494 e. The lowest BCUT2D eigenvalue weighted by molar-refractivity contribution is 0.418. The Balaban J connectivity index is 0.000000148. The molecule has 6 aromatic heterocycles. The lowest BCUT2D eigenvalue weighted by Gasteiger charge is -2.05. The molecule has 0 unspecified atom stereocenters. The molecule has 0 aliphatic heterocycles. The molecule has 12 heteroatoms. The Morgan fingerprint density at radius 2 is 1.06 bits per heavy atom. The third kappa shape index (κ3) is 4.18. The second-order valence-electron chi connectivity index (χ2n) is 7.48. The number of nitrogens with one attached hydrogen (secondary N) is 4. The molecule has 0 bridgehead atoms. The number of methoxy groups -OCH3 is 2. The Hall–Kier alpha value is -5.26. The fourth-order valence-corrected chi connectivity index (χ4v) is 3.71. The number of fused-ring (bicyclic) bond motifs is 2. The number of rotatable bonds is 4. The third-order valence-corrected chi connectivity index (χ3v) is 5.39. The van der Waals surface area contributed by atoms with Gasteiger partial charge >= 0.3 is 0 Å². The van der Waals surface area contributed by atoms with E-state index in [4.69, 9.17) is 9.47 Å². The van der Waals surface area contributed by atoms with Gasteiger partial charge in [-0.1, -0.05) is 0 Å². The number of aromatic nitrogens is 8. The van der Waals surface area contributed by atoms with Crippen LogP contribution in [0.4, 0.5) is 0 Å². The number of nitrogens with zero attached hydrogens (tertiary/aromatic N) is 4. The molecule has 0 atom stereocenters. The van der Waals surface area contributed by atoms with Crippen molar-refractivity contribution in [1.29, 1.82) is 0 Å². The molecule has 6 rings (SSSR count). The highest BCUT2D eigenvalue weighted by Gasteiger charge is 2.13. The summed E-state index contributed by atoms with van der Waals surface area (Å²) in [5.41, 5.74) is 3.72. The van der Waals surface area contributed by atoms with E-state index < -0.39 is 0 Å². The maximum Gasteiger partial charge on any atom is 0.266 e. The predicted octanol–water partition coefficient (Wildman–Crippen LogP) is 2.64. The smallest absolute Gasteiger partial charge is 0.266 e. The summed E-state index contributed by atoms with van der Waals surface area (Å²) in [6.45, 7) is 0. The molecular weight excluding hydrogens is 464 g/mol. The molecule has 6 aromatic rings. The minimum atomic E-state index is -0.241. The van der Waals surface area contributed by atoms with E-state index in [2.05, 4.69) is 39.9 Å². The zero-order chi connectivity index (χ0) is 25.1. The standard InChI is InChI=1S/2C12H10N4O2/c2*1-18-9-5-16-12(11-7(9)2-3-13-11)8-4-15-10(17)6-14-8/h2*2-6,13H,1H3,(H,15,17). The molecule has 4 N–H and O–H groups in total. The van der Waals surface area contributed by atoms with Gasteiger partial charge in [-0.25, -0.2) is 19.9 Å². The van der Waals surface area contributed by atoms with Crippen LogP contribution in [0.5, 0.6) is 11.5 Å². The molecule has 0 aliphatic carbocycles. The SMILES string of the molecule is COc1cnc(-c2c[nH]c(=O)cn2)c2[nH]ccc12.COc1cnc(-c2c[nH]c(=O)cn2)c2[nH]ccc12. The van der Waals surface area contributed by atoms with E-state index in [0.717, 1.165) is 21.8 Å². The van der Waals surface area contributed by atoms with Crippen molar-refractivity contribution < 1.29 is 9.47 Å². The third-order valence-electron chi connectivity index (χ3n) is 5.39. The molecule has 0 aromatic carbocycles. The van der Waals surface area contributed by atoms with E-state index in [0.29, 0.717) is 34.3 Å². The maximum absolute atomic E-state index is 11.0. The first-order valence-electron chi connectivity index (χ1n) is 10.7. The van der Waals surface area contributed by atoms with Crippen LogP contribution in [0.3, 0.4) is 0 Å². The summed E-state index contributed by atoms with van der Waals surface area (Å²) in [5.74, 6) is 1.39. The van der Waals surface area contributed by atoms with E-state index >= 15 is 0 Å². The van der Waals surface area contributed by atoms with Crippen molar-refractivity contribution in [3.63, 3.8) is 0 Å². The van der Waals surface area contributed by atoms with Crippen molar-refractivity contribution in [2.75, 3.05) is 14.2 Å². The quantitative estimate of drug-likeness (QED) is 0.296. The molecule has 12 nitrogen and oxygen atoms in total. The molecule has 36 heavy (non-hydrogen) atoms. The van der Waals surface area contributed by atoms with Crippen LogP contribution in [0.15, 0.2) is 71.3 Å². The van der Waals surface area contributed by atoms with Crippen molar-refractivity contribution in [2.24, 2.45) is 0 Å². The van der Waals surface area contributed by atoms with Crippen molar-refractivity contribution in [1.82, 2.24) is 39.9 Å². The summed E-state index contributed by atoms with van der Waals surface area (Å²) in [6.07, 6.45) is 12.4. The van der Waals surface area contributed by atoms with Crippen LogP contribution >= 0.6 is 0 Å². The van der Waals surface area contributed by atoms with Gasteiger partial charge in [-0.15, -0.1) is 0 Å². The number of ether oxygens (including phenoxy) is 2. The van der Waals surface area contributed by atoms with Crippen LogP contribution in [-0.4, -0.2) is 54.1 Å². The fraction of sp³-hybridized carbons (Fsp3) is 0.0833. The second-order valence-corrected chi connectivity index (χ2v) is 7.48. The lowest BCUT2D eigenvalue weighted by atomic mass is 10.2. The van der Waals surface area contributed by atoms with Crippen LogP contribution in [-0.2, 0) is 0 Å². The summed E-state index contributed by atoms with van der Waals surface area (Å²) in [6, 6.07) is 3.82. The van der Waals surface area contributed by atoms with Crippen molar-refractivity contribution in [3.8, 4) is 34.3 Å². The average molecular weight is 484 g/mol. The Bertz CT molecular complexity index is 1610. The first-order valence-corrected chi connectivity index (χ1v) is 10.7. The molecular formula is C24H20N8O4. The second kappa shape index (κ2) is 9.54. The van der Waals surface area contributed by atoms with E-state index in [9.17, 15) is 9.59 Å². The number of pyridine rings is 2. The Kier molecular flexibility index (Phi) is 5.97. The number of hydrogen-bond acceptors (Lipinski definition) is 8. The Labute approximate surface area is 202 Å². The highest BCUT2D eigenvalue weighted by molar-refractivity contribution is 5.95. The van der Waals surface area contributed by atoms with Gasteiger partial charge in [-0.3, -0.25) is 9.59 Å². The van der Waals surface area contributed by atoms with Gasteiger partial charge in [0.15, 0.2) is 0 Å². The minimum Gasteiger partial charge on any atom is -0.494 e. The zero-order valence-corrected chi connectivity index (χ0v) is 19.2. The van der Waals surface area contributed by atoms with Gasteiger partial charge in [0.2, 0.25) is 0 Å². The van der Waals surface area contributed by atoms with Crippen molar-refractivity contribution >= 4 is 21.8 Å². The fourth-order valence-electron chi connectivity index (χ4n) is 3.71. The molecule has 0 fully saturated rings. The van der Waals surface area contributed by atoms with E-state index in [1.165, 1.54) is 24.8 Å². The maximum atomic E-state index is 11.0. The first kappa shape index (κ1) is 22.5. The highest BCUT2D eigenvalue weighted by Crippen LogP contribution is 2.31. The van der Waals surface area contributed by atoms with Crippen molar-refractivity contribution in [3.05, 3.63) is 82.4 Å². The van der Waals surface area contributed by atoms with E-state index in [1.54, 1.807) is 26.6 Å². The summed E-state index contributed by atoms with van der Waals surface area (Å²) in [4.78, 5) is 50.1. The van der Waals surface area contributed by atoms with Crippen LogP contribution in [0.25, 0.3) is 44.6 Å². The van der Waals surface area contributed by atoms with Gasteiger partial charge < -0.3 is 29.4 Å². The topological polar surface area (TPSA) is 167 Å². The van der Waals surface area contributed by atoms with Gasteiger partial charge in [0.25, 0.3) is 11.1 Å². The molecule has 180 valence electrons. The minimum absolute atomic E-state index is 0.241. The summed E-state index contributed by atoms with van der Waals surface area (Å²) in [5, 5.41) is 1.85. The van der Waals surface area contributed by atoms with Gasteiger partial charge in [-0.2, -0.15) is 0 Å². The predicted molar refractivity (Wildman–Crippen MR) is 133 cm³/mol. The summed E-state index contributed by atoms with van der Waals surface area (Å²) >= 11 is 0. The molecule has 0 saturated heterocycles. The van der Waals surface area contributed by atoms with Crippen LogP contribution in [0, 0.1) is 0 Å². The Morgan fingerprint density at radius 3 is 1.42 bits per heavy atom. The molecule has 0 saturated carbocycles. The monoisotopic (exact) mass is 484 g/mol. The summed E-state index contributed by atoms with van der Waals surface area (Å²) in [7, 11) is 3.20. The number of hydrogen-bond donors (Lipinski definition) is 4. The molecule has 0 amide bonds. The summed E-state index contributed by atoms with van der Waals surface area (Å²) < 4.78 is 10.5. The van der Waals surface area contributed by atoms with Crippen molar-refractivity contribution in [2.45, 2.75) is 0 Å².